The summed E-state index contributed by atoms with van der Waals surface area (Å²) in [7, 11) is 3.96. The highest BCUT2D eigenvalue weighted by Gasteiger charge is 2.33. The molecule has 0 radical (unpaired) electrons. The van der Waals surface area contributed by atoms with E-state index in [1.54, 1.807) is 30.3 Å². The minimum absolute atomic E-state index is 0.0503. The largest absolute Gasteiger partial charge is 0.493 e. The Bertz CT molecular complexity index is 797. The summed E-state index contributed by atoms with van der Waals surface area (Å²) in [5.74, 6) is -0.489. The Morgan fingerprint density at radius 1 is 1.08 bits per heavy atom. The predicted molar refractivity (Wildman–Crippen MR) is 95.0 cm³/mol. The summed E-state index contributed by atoms with van der Waals surface area (Å²) in [5, 5.41) is 11.6. The Balaban J connectivity index is 2.67. The van der Waals surface area contributed by atoms with Crippen molar-refractivity contribution in [1.29, 1.82) is 0 Å². The van der Waals surface area contributed by atoms with Crippen LogP contribution >= 0.6 is 12.8 Å². The van der Waals surface area contributed by atoms with Gasteiger partial charge in [0.15, 0.2) is 5.75 Å². The summed E-state index contributed by atoms with van der Waals surface area (Å²) in [4.78, 5) is 23.5. The second-order valence-corrected chi connectivity index (χ2v) is 5.15. The highest BCUT2D eigenvalue weighted by molar-refractivity contribution is 7.82. The molecular weight excluding hydrogens is 348 g/mol. The van der Waals surface area contributed by atoms with E-state index in [1.165, 1.54) is 27.4 Å². The third-order valence-electron chi connectivity index (χ3n) is 3.41. The maximum Gasteiger partial charge on any atom is 0.339 e. The van der Waals surface area contributed by atoms with E-state index in [2.05, 4.69) is 12.8 Å². The van der Waals surface area contributed by atoms with Gasteiger partial charge in [-0.3, -0.25) is 14.9 Å². The number of hydrogen-bond donors (Lipinski definition) is 1. The molecular formula is C16H16N2O6S. The summed E-state index contributed by atoms with van der Waals surface area (Å²) in [5.41, 5.74) is -0.239. The zero-order chi connectivity index (χ0) is 18.6. The van der Waals surface area contributed by atoms with Crippen LogP contribution in [0.5, 0.6) is 17.2 Å². The molecule has 8 nitrogen and oxygen atoms in total. The van der Waals surface area contributed by atoms with Crippen LogP contribution < -0.4 is 18.5 Å². The normalized spacial score (nSPS) is 10.1. The number of carbonyl (C=O) groups excluding carboxylic acids is 1. The molecule has 2 aromatic carbocycles. The quantitative estimate of drug-likeness (QED) is 0.481. The summed E-state index contributed by atoms with van der Waals surface area (Å²) >= 11 is 4.15. The fourth-order valence-electron chi connectivity index (χ4n) is 2.28. The number of nitro benzene ring substituents is 1. The number of thiol groups is 1. The molecule has 0 heterocycles. The zero-order valence-electron chi connectivity index (χ0n) is 13.8. The molecule has 0 unspecified atom stereocenters. The number of carbonyl (C=O) groups is 1. The lowest BCUT2D eigenvalue weighted by molar-refractivity contribution is -0.385. The second kappa shape index (κ2) is 7.75. The van der Waals surface area contributed by atoms with Crippen molar-refractivity contribution in [3.63, 3.8) is 0 Å². The first-order chi connectivity index (χ1) is 12.0. The van der Waals surface area contributed by atoms with Gasteiger partial charge in [0.05, 0.1) is 26.3 Å². The van der Waals surface area contributed by atoms with Crippen LogP contribution in [-0.4, -0.2) is 32.2 Å². The molecule has 9 heteroatoms. The molecule has 0 saturated heterocycles. The van der Waals surface area contributed by atoms with E-state index in [-0.39, 0.29) is 22.9 Å². The van der Waals surface area contributed by atoms with Crippen molar-refractivity contribution in [3.8, 4) is 17.2 Å². The highest BCUT2D eigenvalue weighted by Crippen LogP contribution is 2.50. The van der Waals surface area contributed by atoms with Gasteiger partial charge in [0.25, 0.3) is 5.91 Å². The van der Waals surface area contributed by atoms with Gasteiger partial charge in [-0.1, -0.05) is 31.0 Å². The van der Waals surface area contributed by atoms with Crippen LogP contribution in [-0.2, 0) is 0 Å². The van der Waals surface area contributed by atoms with E-state index < -0.39 is 16.5 Å². The summed E-state index contributed by atoms with van der Waals surface area (Å²) in [6.45, 7) is 0. The smallest absolute Gasteiger partial charge is 0.339 e. The minimum Gasteiger partial charge on any atom is -0.493 e. The monoisotopic (exact) mass is 364 g/mol. The van der Waals surface area contributed by atoms with Gasteiger partial charge in [-0.2, -0.15) is 0 Å². The molecule has 2 rings (SSSR count). The molecule has 0 aromatic heterocycles. The summed E-state index contributed by atoms with van der Waals surface area (Å²) < 4.78 is 16.3. The second-order valence-electron chi connectivity index (χ2n) is 4.75. The van der Waals surface area contributed by atoms with Crippen LogP contribution in [0.25, 0.3) is 0 Å². The standard InChI is InChI=1S/C16H16N2O6S/c1-22-12-9-11(13(18(20)21)15(24-3)14(12)23-2)17(25)16(19)10-7-5-4-6-8-10/h4-9,25H,1-3H3. The highest BCUT2D eigenvalue weighted by atomic mass is 32.1. The first-order valence-corrected chi connectivity index (χ1v) is 7.42. The molecule has 0 bridgehead atoms. The van der Waals surface area contributed by atoms with Gasteiger partial charge >= 0.3 is 5.69 Å². The van der Waals surface area contributed by atoms with Crippen LogP contribution in [0.4, 0.5) is 11.4 Å². The number of hydrogen-bond acceptors (Lipinski definition) is 7. The minimum atomic E-state index is -0.669. The molecule has 0 spiro atoms. The predicted octanol–water partition coefficient (Wildman–Crippen LogP) is 3.11. The molecule has 0 atom stereocenters. The molecule has 0 fully saturated rings. The molecule has 0 aliphatic rings. The van der Waals surface area contributed by atoms with Crippen molar-refractivity contribution >= 4 is 30.1 Å². The molecule has 132 valence electrons. The number of rotatable bonds is 6. The van der Waals surface area contributed by atoms with Gasteiger partial charge in [0.1, 0.15) is 5.69 Å². The van der Waals surface area contributed by atoms with Gasteiger partial charge in [-0.05, 0) is 12.1 Å². The fourth-order valence-corrected chi connectivity index (χ4v) is 2.55. The van der Waals surface area contributed by atoms with Gasteiger partial charge in [-0.25, -0.2) is 4.31 Å². The maximum atomic E-state index is 12.6. The number of benzene rings is 2. The number of ether oxygens (including phenoxy) is 3. The van der Waals surface area contributed by atoms with Crippen LogP contribution in [0.1, 0.15) is 10.4 Å². The first-order valence-electron chi connectivity index (χ1n) is 7.02. The van der Waals surface area contributed by atoms with Crippen molar-refractivity contribution in [1.82, 2.24) is 0 Å². The fraction of sp³-hybridized carbons (Fsp3) is 0.188. The summed E-state index contributed by atoms with van der Waals surface area (Å²) in [6.07, 6.45) is 0. The number of amides is 1. The van der Waals surface area contributed by atoms with Crippen LogP contribution in [0.3, 0.4) is 0 Å². The molecule has 0 saturated carbocycles. The number of nitrogens with zero attached hydrogens (tertiary/aromatic N) is 2. The average Bonchev–Trinajstić information content (AvgIpc) is 2.65. The Kier molecular flexibility index (Phi) is 5.71. The Morgan fingerprint density at radius 3 is 2.16 bits per heavy atom. The molecule has 1 amide bonds. The summed E-state index contributed by atoms with van der Waals surface area (Å²) in [6, 6.07) is 9.57. The lowest BCUT2D eigenvalue weighted by Crippen LogP contribution is -2.22. The van der Waals surface area contributed by atoms with E-state index in [0.29, 0.717) is 5.56 Å². The zero-order valence-corrected chi connectivity index (χ0v) is 14.6. The van der Waals surface area contributed by atoms with Crippen molar-refractivity contribution < 1.29 is 23.9 Å². The SMILES string of the molecule is COc1cc(N(S)C(=O)c2ccccc2)c([N+](=O)[O-])c(OC)c1OC. The third-order valence-corrected chi connectivity index (χ3v) is 3.80. The van der Waals surface area contributed by atoms with E-state index >= 15 is 0 Å². The maximum absolute atomic E-state index is 12.6. The average molecular weight is 364 g/mol. The molecule has 0 N–H and O–H groups in total. The van der Waals surface area contributed by atoms with Crippen LogP contribution in [0, 0.1) is 10.1 Å². The van der Waals surface area contributed by atoms with Crippen molar-refractivity contribution in [2.45, 2.75) is 0 Å². The van der Waals surface area contributed by atoms with Crippen LogP contribution in [0.2, 0.25) is 0 Å². The van der Waals surface area contributed by atoms with Gasteiger partial charge in [-0.15, -0.1) is 0 Å². The topological polar surface area (TPSA) is 91.1 Å². The molecule has 0 aliphatic heterocycles. The van der Waals surface area contributed by atoms with Gasteiger partial charge in [0, 0.05) is 11.6 Å². The van der Waals surface area contributed by atoms with Crippen molar-refractivity contribution in [3.05, 3.63) is 52.1 Å². The lowest BCUT2D eigenvalue weighted by atomic mass is 10.1. The Morgan fingerprint density at radius 2 is 1.68 bits per heavy atom. The van der Waals surface area contributed by atoms with Gasteiger partial charge < -0.3 is 14.2 Å². The number of methoxy groups -OCH3 is 3. The first kappa shape index (κ1) is 18.4. The van der Waals surface area contributed by atoms with E-state index in [9.17, 15) is 14.9 Å². The number of nitro groups is 1. The molecule has 2 aromatic rings. The lowest BCUT2D eigenvalue weighted by Gasteiger charge is -2.20. The Hall–Kier alpha value is -2.94. The third kappa shape index (κ3) is 3.45. The van der Waals surface area contributed by atoms with Gasteiger partial charge in [0.2, 0.25) is 11.5 Å². The number of anilines is 1. The van der Waals surface area contributed by atoms with Crippen molar-refractivity contribution in [2.75, 3.05) is 25.6 Å². The molecule has 0 aliphatic carbocycles. The van der Waals surface area contributed by atoms with E-state index in [0.717, 1.165) is 4.31 Å². The van der Waals surface area contributed by atoms with E-state index in [1.807, 2.05) is 0 Å². The molecule has 25 heavy (non-hydrogen) atoms. The van der Waals surface area contributed by atoms with Crippen LogP contribution in [0.15, 0.2) is 36.4 Å². The van der Waals surface area contributed by atoms with E-state index in [4.69, 9.17) is 14.2 Å². The van der Waals surface area contributed by atoms with Crippen molar-refractivity contribution in [2.24, 2.45) is 0 Å². The Labute approximate surface area is 149 Å².